The molecule has 66 valence electrons. The van der Waals surface area contributed by atoms with E-state index in [4.69, 9.17) is 10.9 Å². The summed E-state index contributed by atoms with van der Waals surface area (Å²) in [5, 5.41) is 14.7. The van der Waals surface area contributed by atoms with Crippen molar-refractivity contribution in [2.75, 3.05) is 0 Å². The van der Waals surface area contributed by atoms with Gasteiger partial charge >= 0.3 is 0 Å². The minimum absolute atomic E-state index is 0.221. The molecule has 0 aromatic carbocycles. The van der Waals surface area contributed by atoms with Crippen molar-refractivity contribution in [1.82, 2.24) is 9.78 Å². The summed E-state index contributed by atoms with van der Waals surface area (Å²) in [5.41, 5.74) is 5.66. The molecule has 12 heavy (non-hydrogen) atoms. The highest BCUT2D eigenvalue weighted by atomic mass is 19.1. The third-order valence-electron chi connectivity index (χ3n) is 1.52. The van der Waals surface area contributed by atoms with Crippen molar-refractivity contribution in [2.24, 2.45) is 10.9 Å². The van der Waals surface area contributed by atoms with Gasteiger partial charge < -0.3 is 10.9 Å². The molecular formula is C6H9FN4O. The first-order valence-corrected chi connectivity index (χ1v) is 3.27. The minimum Gasteiger partial charge on any atom is -0.408 e. The molecule has 0 amide bonds. The van der Waals surface area contributed by atoms with Gasteiger partial charge in [-0.1, -0.05) is 0 Å². The van der Waals surface area contributed by atoms with E-state index in [9.17, 15) is 4.39 Å². The summed E-state index contributed by atoms with van der Waals surface area (Å²) < 4.78 is 14.0. The molecule has 0 aliphatic rings. The van der Waals surface area contributed by atoms with Gasteiger partial charge in [-0.3, -0.25) is 0 Å². The fraction of sp³-hybridized carbons (Fsp3) is 0.333. The van der Waals surface area contributed by atoms with Gasteiger partial charge in [0.15, 0.2) is 5.82 Å². The molecule has 0 saturated heterocycles. The van der Waals surface area contributed by atoms with Crippen molar-refractivity contribution in [3.8, 4) is 0 Å². The lowest BCUT2D eigenvalue weighted by Crippen LogP contribution is -2.24. The Hall–Kier alpha value is -1.59. The molecule has 0 unspecified atom stereocenters. The quantitative estimate of drug-likeness (QED) is 0.254. The average molecular weight is 172 g/mol. The Kier molecular flexibility index (Phi) is 1.99. The van der Waals surface area contributed by atoms with E-state index >= 15 is 0 Å². The number of aryl methyl sites for hydroxylation is 1. The maximum Gasteiger partial charge on any atom is 0.258 e. The van der Waals surface area contributed by atoms with Crippen LogP contribution in [0.15, 0.2) is 5.16 Å². The van der Waals surface area contributed by atoms with Crippen molar-refractivity contribution in [2.45, 2.75) is 13.8 Å². The molecule has 3 N–H and O–H groups in total. The zero-order valence-corrected chi connectivity index (χ0v) is 6.74. The topological polar surface area (TPSA) is 76.4 Å². The second kappa shape index (κ2) is 2.80. The van der Waals surface area contributed by atoms with Gasteiger partial charge in [-0.2, -0.15) is 9.78 Å². The summed E-state index contributed by atoms with van der Waals surface area (Å²) in [4.78, 5) is 0. The molecule has 0 radical (unpaired) electrons. The van der Waals surface area contributed by atoms with E-state index in [2.05, 4.69) is 10.3 Å². The first-order chi connectivity index (χ1) is 5.57. The lowest BCUT2D eigenvalue weighted by molar-refractivity contribution is 0.315. The molecule has 1 rings (SSSR count). The Bertz CT molecular complexity index is 331. The molecule has 0 saturated carbocycles. The second-order valence-corrected chi connectivity index (χ2v) is 2.35. The number of hydrogen-bond donors (Lipinski definition) is 2. The zero-order chi connectivity index (χ0) is 9.30. The molecule has 0 spiro atoms. The van der Waals surface area contributed by atoms with Crippen LogP contribution in [-0.2, 0) is 0 Å². The summed E-state index contributed by atoms with van der Waals surface area (Å²) in [7, 11) is 0. The number of halogens is 1. The van der Waals surface area contributed by atoms with Crippen LogP contribution in [0, 0.1) is 19.7 Å². The van der Waals surface area contributed by atoms with Crippen LogP contribution in [0.1, 0.15) is 11.4 Å². The van der Waals surface area contributed by atoms with Gasteiger partial charge in [-0.15, -0.1) is 0 Å². The summed E-state index contributed by atoms with van der Waals surface area (Å²) >= 11 is 0. The molecule has 0 bridgehead atoms. The van der Waals surface area contributed by atoms with Crippen molar-refractivity contribution >= 4 is 5.96 Å². The highest BCUT2D eigenvalue weighted by Gasteiger charge is 2.12. The largest absolute Gasteiger partial charge is 0.408 e. The highest BCUT2D eigenvalue weighted by molar-refractivity contribution is 5.79. The number of nitrogens with two attached hydrogens (primary N) is 1. The maximum absolute atomic E-state index is 13.0. The first-order valence-electron chi connectivity index (χ1n) is 3.27. The third kappa shape index (κ3) is 1.11. The van der Waals surface area contributed by atoms with Gasteiger partial charge in [0.2, 0.25) is 0 Å². The Morgan fingerprint density at radius 1 is 1.67 bits per heavy atom. The Morgan fingerprint density at radius 2 is 2.25 bits per heavy atom. The van der Waals surface area contributed by atoms with Crippen molar-refractivity contribution in [3.05, 3.63) is 17.2 Å². The lowest BCUT2D eigenvalue weighted by atomic mass is 10.4. The summed E-state index contributed by atoms with van der Waals surface area (Å²) in [6.45, 7) is 3.00. The molecule has 0 fully saturated rings. The van der Waals surface area contributed by atoms with Gasteiger partial charge in [0.25, 0.3) is 5.96 Å². The monoisotopic (exact) mass is 172 g/mol. The van der Waals surface area contributed by atoms with Crippen LogP contribution in [0.3, 0.4) is 0 Å². The third-order valence-corrected chi connectivity index (χ3v) is 1.52. The Balaban J connectivity index is 3.27. The number of nitrogens with zero attached hydrogens (tertiary/aromatic N) is 3. The summed E-state index contributed by atoms with van der Waals surface area (Å²) in [5.74, 6) is -0.693. The SMILES string of the molecule is Cc1nn(/C(N)=N/O)c(C)c1F. The Morgan fingerprint density at radius 3 is 2.58 bits per heavy atom. The van der Waals surface area contributed by atoms with E-state index in [1.54, 1.807) is 0 Å². The number of hydrogen-bond acceptors (Lipinski definition) is 3. The van der Waals surface area contributed by atoms with Crippen LogP contribution in [0.25, 0.3) is 0 Å². The van der Waals surface area contributed by atoms with Crippen LogP contribution < -0.4 is 5.73 Å². The van der Waals surface area contributed by atoms with E-state index < -0.39 is 5.82 Å². The van der Waals surface area contributed by atoms with Gasteiger partial charge in [0.05, 0.1) is 11.4 Å². The van der Waals surface area contributed by atoms with E-state index in [1.165, 1.54) is 13.8 Å². The molecule has 1 heterocycles. The van der Waals surface area contributed by atoms with Crippen LogP contribution in [0.5, 0.6) is 0 Å². The van der Waals surface area contributed by atoms with Gasteiger partial charge in [0, 0.05) is 0 Å². The van der Waals surface area contributed by atoms with Crippen molar-refractivity contribution < 1.29 is 9.60 Å². The average Bonchev–Trinajstić information content (AvgIpc) is 2.32. The molecular weight excluding hydrogens is 163 g/mol. The van der Waals surface area contributed by atoms with Gasteiger partial charge in [-0.05, 0) is 19.0 Å². The predicted molar refractivity (Wildman–Crippen MR) is 40.5 cm³/mol. The predicted octanol–water partition coefficient (Wildman–Crippen LogP) is 0.191. The molecule has 1 aromatic heterocycles. The standard InChI is InChI=1S/C6H9FN4O/c1-3-5(7)4(2)11(9-3)6(8)10-12/h12H,1-2H3,(H2,8,10). The van der Waals surface area contributed by atoms with Crippen LogP contribution >= 0.6 is 0 Å². The number of aromatic nitrogens is 2. The minimum atomic E-state index is -0.443. The van der Waals surface area contributed by atoms with Gasteiger partial charge in [0.1, 0.15) is 0 Å². The van der Waals surface area contributed by atoms with Crippen LogP contribution in [-0.4, -0.2) is 20.9 Å². The molecule has 0 aliphatic carbocycles. The fourth-order valence-corrected chi connectivity index (χ4v) is 0.889. The van der Waals surface area contributed by atoms with Crippen LogP contribution in [0.4, 0.5) is 4.39 Å². The summed E-state index contributed by atoms with van der Waals surface area (Å²) in [6, 6.07) is 0. The molecule has 5 nitrogen and oxygen atoms in total. The van der Waals surface area contributed by atoms with E-state index in [0.29, 0.717) is 0 Å². The number of rotatable bonds is 0. The summed E-state index contributed by atoms with van der Waals surface area (Å²) in [6.07, 6.45) is 0. The lowest BCUT2D eigenvalue weighted by Gasteiger charge is -1.98. The molecule has 0 atom stereocenters. The maximum atomic E-state index is 13.0. The van der Waals surface area contributed by atoms with Crippen molar-refractivity contribution in [3.63, 3.8) is 0 Å². The van der Waals surface area contributed by atoms with E-state index in [-0.39, 0.29) is 17.3 Å². The number of oxime groups is 1. The zero-order valence-electron chi connectivity index (χ0n) is 6.74. The fourth-order valence-electron chi connectivity index (χ4n) is 0.889. The van der Waals surface area contributed by atoms with Gasteiger partial charge in [-0.25, -0.2) is 4.39 Å². The van der Waals surface area contributed by atoms with Crippen LogP contribution in [0.2, 0.25) is 0 Å². The van der Waals surface area contributed by atoms with E-state index in [0.717, 1.165) is 4.68 Å². The Labute approximate surface area is 68.3 Å². The van der Waals surface area contributed by atoms with E-state index in [1.807, 2.05) is 0 Å². The highest BCUT2D eigenvalue weighted by Crippen LogP contribution is 2.08. The molecule has 0 aliphatic heterocycles. The smallest absolute Gasteiger partial charge is 0.258 e. The second-order valence-electron chi connectivity index (χ2n) is 2.35. The normalized spacial score (nSPS) is 12.1. The van der Waals surface area contributed by atoms with Crippen molar-refractivity contribution in [1.29, 1.82) is 0 Å². The molecule has 1 aromatic rings. The first kappa shape index (κ1) is 8.51. The molecule has 6 heteroatoms.